The highest BCUT2D eigenvalue weighted by Crippen LogP contribution is 2.32. The summed E-state index contributed by atoms with van der Waals surface area (Å²) in [7, 11) is -3.73. The molecule has 2 aliphatic heterocycles. The van der Waals surface area contributed by atoms with Gasteiger partial charge in [-0.15, -0.1) is 0 Å². The van der Waals surface area contributed by atoms with Crippen molar-refractivity contribution < 1.29 is 27.4 Å². The Hall–Kier alpha value is -1.71. The molecule has 0 aliphatic carbocycles. The van der Waals surface area contributed by atoms with Gasteiger partial charge in [0.2, 0.25) is 10.0 Å². The monoisotopic (exact) mass is 358 g/mol. The van der Waals surface area contributed by atoms with Crippen LogP contribution in [0.3, 0.4) is 0 Å². The number of carboxylic acid groups (broad SMARTS) is 1. The second kappa shape index (κ2) is 6.30. The number of hydrogen-bond donors (Lipinski definition) is 1. The number of nitrogens with zero attached hydrogens (tertiary/aromatic N) is 2. The molecule has 1 N–H and O–H groups in total. The SMILES string of the molecule is O=C(O)N1CCC2(CC1)CN(S(=O)(=O)c1ccc(F)cc1)CCO2. The van der Waals surface area contributed by atoms with Gasteiger partial charge < -0.3 is 14.7 Å². The van der Waals surface area contributed by atoms with E-state index in [0.29, 0.717) is 25.9 Å². The second-order valence-electron chi connectivity index (χ2n) is 6.09. The van der Waals surface area contributed by atoms with Gasteiger partial charge in [-0.05, 0) is 37.1 Å². The molecular weight excluding hydrogens is 339 g/mol. The van der Waals surface area contributed by atoms with Gasteiger partial charge in [0.25, 0.3) is 0 Å². The Morgan fingerprint density at radius 3 is 2.38 bits per heavy atom. The van der Waals surface area contributed by atoms with E-state index < -0.39 is 27.5 Å². The molecule has 2 heterocycles. The van der Waals surface area contributed by atoms with Crippen molar-refractivity contribution in [2.75, 3.05) is 32.8 Å². The van der Waals surface area contributed by atoms with Crippen LogP contribution in [0.1, 0.15) is 12.8 Å². The van der Waals surface area contributed by atoms with Gasteiger partial charge in [0.05, 0.1) is 17.1 Å². The molecule has 24 heavy (non-hydrogen) atoms. The van der Waals surface area contributed by atoms with E-state index in [1.54, 1.807) is 0 Å². The number of benzene rings is 1. The number of halogens is 1. The van der Waals surface area contributed by atoms with Crippen LogP contribution in [0.2, 0.25) is 0 Å². The molecule has 1 spiro atoms. The highest BCUT2D eigenvalue weighted by Gasteiger charge is 2.43. The molecule has 2 fully saturated rings. The van der Waals surface area contributed by atoms with Gasteiger partial charge in [-0.25, -0.2) is 17.6 Å². The normalized spacial score (nSPS) is 21.8. The average molecular weight is 358 g/mol. The van der Waals surface area contributed by atoms with Gasteiger partial charge in [0.15, 0.2) is 0 Å². The molecule has 0 saturated carbocycles. The van der Waals surface area contributed by atoms with Gasteiger partial charge >= 0.3 is 6.09 Å². The van der Waals surface area contributed by atoms with Crippen LogP contribution in [-0.4, -0.2) is 67.2 Å². The molecule has 1 aromatic rings. The van der Waals surface area contributed by atoms with Crippen LogP contribution in [0.4, 0.5) is 9.18 Å². The second-order valence-corrected chi connectivity index (χ2v) is 8.03. The zero-order chi connectivity index (χ0) is 17.4. The molecule has 2 saturated heterocycles. The predicted molar refractivity (Wildman–Crippen MR) is 82.7 cm³/mol. The Bertz CT molecular complexity index is 714. The first-order valence-corrected chi connectivity index (χ1v) is 9.14. The van der Waals surface area contributed by atoms with Crippen molar-refractivity contribution in [3.05, 3.63) is 30.1 Å². The number of piperidine rings is 1. The van der Waals surface area contributed by atoms with Crippen molar-refractivity contribution in [1.82, 2.24) is 9.21 Å². The van der Waals surface area contributed by atoms with Crippen LogP contribution in [0.25, 0.3) is 0 Å². The standard InChI is InChI=1S/C15H19FN2O5S/c16-12-1-3-13(4-2-12)24(21,22)18-9-10-23-15(11-18)5-7-17(8-6-15)14(19)20/h1-4H,5-11H2,(H,19,20). The molecule has 0 atom stereocenters. The predicted octanol–water partition coefficient (Wildman–Crippen LogP) is 1.36. The quantitative estimate of drug-likeness (QED) is 0.863. The lowest BCUT2D eigenvalue weighted by Gasteiger charge is -2.46. The van der Waals surface area contributed by atoms with Crippen LogP contribution in [-0.2, 0) is 14.8 Å². The van der Waals surface area contributed by atoms with Gasteiger partial charge in [-0.2, -0.15) is 4.31 Å². The Morgan fingerprint density at radius 1 is 1.17 bits per heavy atom. The number of morpholine rings is 1. The molecular formula is C15H19FN2O5S. The Balaban J connectivity index is 1.76. The summed E-state index contributed by atoms with van der Waals surface area (Å²) in [4.78, 5) is 12.4. The first-order valence-electron chi connectivity index (χ1n) is 7.70. The molecule has 9 heteroatoms. The third-order valence-corrected chi connectivity index (χ3v) is 6.47. The highest BCUT2D eigenvalue weighted by molar-refractivity contribution is 7.89. The molecule has 7 nitrogen and oxygen atoms in total. The minimum absolute atomic E-state index is 0.0453. The van der Waals surface area contributed by atoms with Crippen LogP contribution >= 0.6 is 0 Å². The highest BCUT2D eigenvalue weighted by atomic mass is 32.2. The minimum Gasteiger partial charge on any atom is -0.465 e. The summed E-state index contributed by atoms with van der Waals surface area (Å²) in [6, 6.07) is 4.74. The first kappa shape index (κ1) is 17.1. The zero-order valence-corrected chi connectivity index (χ0v) is 13.8. The molecule has 3 rings (SSSR count). The van der Waals surface area contributed by atoms with Crippen LogP contribution in [0.5, 0.6) is 0 Å². The molecule has 2 aliphatic rings. The summed E-state index contributed by atoms with van der Waals surface area (Å²) in [6.45, 7) is 1.30. The summed E-state index contributed by atoms with van der Waals surface area (Å²) in [5.74, 6) is -0.492. The third kappa shape index (κ3) is 3.24. The fraction of sp³-hybridized carbons (Fsp3) is 0.533. The summed E-state index contributed by atoms with van der Waals surface area (Å²) in [5.41, 5.74) is -0.655. The van der Waals surface area contributed by atoms with Gasteiger partial charge in [-0.3, -0.25) is 0 Å². The smallest absolute Gasteiger partial charge is 0.407 e. The Morgan fingerprint density at radius 2 is 1.79 bits per heavy atom. The minimum atomic E-state index is -3.73. The van der Waals surface area contributed by atoms with Crippen molar-refractivity contribution in [3.63, 3.8) is 0 Å². The number of hydrogen-bond acceptors (Lipinski definition) is 4. The number of amides is 1. The van der Waals surface area contributed by atoms with Crippen LogP contribution in [0, 0.1) is 5.82 Å². The number of rotatable bonds is 2. The topological polar surface area (TPSA) is 87.2 Å². The van der Waals surface area contributed by atoms with E-state index in [1.165, 1.54) is 21.3 Å². The van der Waals surface area contributed by atoms with E-state index in [2.05, 4.69) is 0 Å². The van der Waals surface area contributed by atoms with Crippen molar-refractivity contribution in [1.29, 1.82) is 0 Å². The van der Waals surface area contributed by atoms with Crippen LogP contribution < -0.4 is 0 Å². The largest absolute Gasteiger partial charge is 0.465 e. The molecule has 0 bridgehead atoms. The van der Waals surface area contributed by atoms with E-state index in [9.17, 15) is 17.6 Å². The lowest BCUT2D eigenvalue weighted by Crippen LogP contribution is -2.58. The van der Waals surface area contributed by atoms with E-state index in [0.717, 1.165) is 12.1 Å². The van der Waals surface area contributed by atoms with Crippen molar-refractivity contribution >= 4 is 16.1 Å². The molecule has 132 valence electrons. The summed E-state index contributed by atoms with van der Waals surface area (Å²) in [5, 5.41) is 9.03. The third-order valence-electron chi connectivity index (χ3n) is 4.61. The lowest BCUT2D eigenvalue weighted by atomic mass is 9.90. The fourth-order valence-electron chi connectivity index (χ4n) is 3.18. The van der Waals surface area contributed by atoms with E-state index in [1.807, 2.05) is 0 Å². The van der Waals surface area contributed by atoms with Crippen molar-refractivity contribution in [2.45, 2.75) is 23.3 Å². The summed E-state index contributed by atoms with van der Waals surface area (Å²) < 4.78 is 45.7. The molecule has 0 aromatic heterocycles. The molecule has 0 radical (unpaired) electrons. The Kier molecular flexibility index (Phi) is 4.50. The number of ether oxygens (including phenoxy) is 1. The van der Waals surface area contributed by atoms with Crippen LogP contribution in [0.15, 0.2) is 29.2 Å². The van der Waals surface area contributed by atoms with Crippen molar-refractivity contribution in [2.24, 2.45) is 0 Å². The number of carbonyl (C=O) groups is 1. The molecule has 1 aromatic carbocycles. The van der Waals surface area contributed by atoms with Gasteiger partial charge in [0.1, 0.15) is 5.82 Å². The van der Waals surface area contributed by atoms with Crippen molar-refractivity contribution in [3.8, 4) is 0 Å². The maximum absolute atomic E-state index is 13.0. The summed E-state index contributed by atoms with van der Waals surface area (Å²) >= 11 is 0. The lowest BCUT2D eigenvalue weighted by molar-refractivity contribution is -0.116. The first-order chi connectivity index (χ1) is 11.3. The molecule has 1 amide bonds. The van der Waals surface area contributed by atoms with E-state index >= 15 is 0 Å². The van der Waals surface area contributed by atoms with E-state index in [-0.39, 0.29) is 24.6 Å². The maximum Gasteiger partial charge on any atom is 0.407 e. The van der Waals surface area contributed by atoms with Gasteiger partial charge in [-0.1, -0.05) is 0 Å². The maximum atomic E-state index is 13.0. The number of sulfonamides is 1. The fourth-order valence-corrected chi connectivity index (χ4v) is 4.68. The van der Waals surface area contributed by atoms with Gasteiger partial charge in [0, 0.05) is 26.2 Å². The van der Waals surface area contributed by atoms with E-state index in [4.69, 9.17) is 9.84 Å². The Labute approximate surface area is 139 Å². The zero-order valence-electron chi connectivity index (χ0n) is 13.0. The molecule has 0 unspecified atom stereocenters. The average Bonchev–Trinajstić information content (AvgIpc) is 2.56. The number of likely N-dealkylation sites (tertiary alicyclic amines) is 1. The summed E-state index contributed by atoms with van der Waals surface area (Å²) in [6.07, 6.45) is -0.0693.